The molecule has 8 nitrogen and oxygen atoms in total. The fraction of sp³-hybridized carbons (Fsp3) is 0.417. The van der Waals surface area contributed by atoms with E-state index in [2.05, 4.69) is 5.32 Å². The standard InChI is InChI=1S/C24H31Cl2N3O5S/c1-5-34-19-13-11-18(12-14-19)29(35(4,32)33)15-7-10-23(30)28(17(2)24(31)27-3)16-20-21(25)8-6-9-22(20)26/h6,8-9,11-14,17H,5,7,10,15-16H2,1-4H3,(H,27,31)/t17-/m1/s1. The van der Waals surface area contributed by atoms with Crippen LogP contribution >= 0.6 is 23.2 Å². The summed E-state index contributed by atoms with van der Waals surface area (Å²) in [6.07, 6.45) is 1.38. The van der Waals surface area contributed by atoms with Crippen molar-refractivity contribution in [1.82, 2.24) is 10.2 Å². The molecule has 2 aromatic carbocycles. The minimum atomic E-state index is -3.59. The lowest BCUT2D eigenvalue weighted by Gasteiger charge is -2.29. The first kappa shape index (κ1) is 28.7. The van der Waals surface area contributed by atoms with Crippen molar-refractivity contribution in [1.29, 1.82) is 0 Å². The zero-order valence-corrected chi connectivity index (χ0v) is 22.6. The van der Waals surface area contributed by atoms with Gasteiger partial charge in [0, 0.05) is 42.2 Å². The average Bonchev–Trinajstić information content (AvgIpc) is 2.80. The number of rotatable bonds is 12. The molecule has 2 amide bonds. The van der Waals surface area contributed by atoms with Gasteiger partial charge in [-0.25, -0.2) is 8.42 Å². The Balaban J connectivity index is 2.18. The summed E-state index contributed by atoms with van der Waals surface area (Å²) in [6, 6.07) is 11.0. The van der Waals surface area contributed by atoms with Crippen molar-refractivity contribution in [2.75, 3.05) is 30.8 Å². The van der Waals surface area contributed by atoms with E-state index in [1.165, 1.54) is 16.3 Å². The Bertz CT molecular complexity index is 1110. The fourth-order valence-electron chi connectivity index (χ4n) is 3.52. The number of likely N-dealkylation sites (N-methyl/N-ethyl adjacent to an activating group) is 1. The van der Waals surface area contributed by atoms with Crippen LogP contribution in [0.5, 0.6) is 5.75 Å². The topological polar surface area (TPSA) is 96.0 Å². The SMILES string of the molecule is CCOc1ccc(N(CCCC(=O)N(Cc2c(Cl)cccc2Cl)[C@H](C)C(=O)NC)S(C)(=O)=O)cc1. The largest absolute Gasteiger partial charge is 0.494 e. The van der Waals surface area contributed by atoms with Crippen LogP contribution < -0.4 is 14.4 Å². The van der Waals surface area contributed by atoms with Crippen molar-refractivity contribution in [2.24, 2.45) is 0 Å². The molecule has 2 aromatic rings. The predicted molar refractivity (Wildman–Crippen MR) is 140 cm³/mol. The van der Waals surface area contributed by atoms with Gasteiger partial charge in [0.1, 0.15) is 11.8 Å². The molecular weight excluding hydrogens is 513 g/mol. The number of benzene rings is 2. The first-order chi connectivity index (χ1) is 16.5. The molecule has 0 fully saturated rings. The Labute approximate surface area is 217 Å². The Kier molecular flexibility index (Phi) is 10.7. The minimum absolute atomic E-state index is 0.0203. The number of carbonyl (C=O) groups excluding carboxylic acids is 2. The van der Waals surface area contributed by atoms with Crippen LogP contribution in [0.15, 0.2) is 42.5 Å². The van der Waals surface area contributed by atoms with Crippen LogP contribution in [-0.2, 0) is 26.2 Å². The van der Waals surface area contributed by atoms with Gasteiger partial charge < -0.3 is 15.0 Å². The molecule has 1 atom stereocenters. The summed E-state index contributed by atoms with van der Waals surface area (Å²) in [7, 11) is -2.10. The van der Waals surface area contributed by atoms with E-state index in [1.54, 1.807) is 49.4 Å². The molecule has 0 heterocycles. The fourth-order valence-corrected chi connectivity index (χ4v) is 5.01. The zero-order valence-electron chi connectivity index (χ0n) is 20.3. The summed E-state index contributed by atoms with van der Waals surface area (Å²) in [4.78, 5) is 26.9. The van der Waals surface area contributed by atoms with Crippen LogP contribution in [0.1, 0.15) is 32.3 Å². The number of nitrogens with one attached hydrogen (secondary N) is 1. The quantitative estimate of drug-likeness (QED) is 0.434. The number of halogens is 2. The van der Waals surface area contributed by atoms with E-state index in [-0.39, 0.29) is 37.7 Å². The number of anilines is 1. The number of hydrogen-bond acceptors (Lipinski definition) is 5. The zero-order chi connectivity index (χ0) is 26.2. The van der Waals surface area contributed by atoms with Gasteiger partial charge in [0.25, 0.3) is 0 Å². The summed E-state index contributed by atoms with van der Waals surface area (Å²) in [5.74, 6) is -0.0251. The second-order valence-electron chi connectivity index (χ2n) is 7.88. The predicted octanol–water partition coefficient (Wildman–Crippen LogP) is 4.10. The van der Waals surface area contributed by atoms with E-state index < -0.39 is 16.1 Å². The molecule has 0 aliphatic heterocycles. The van der Waals surface area contributed by atoms with Gasteiger partial charge in [-0.05, 0) is 56.7 Å². The number of amides is 2. The molecule has 35 heavy (non-hydrogen) atoms. The van der Waals surface area contributed by atoms with Crippen molar-refractivity contribution in [3.05, 3.63) is 58.1 Å². The van der Waals surface area contributed by atoms with Crippen LogP contribution in [0, 0.1) is 0 Å². The lowest BCUT2D eigenvalue weighted by Crippen LogP contribution is -2.47. The normalized spacial score (nSPS) is 12.1. The van der Waals surface area contributed by atoms with Crippen LogP contribution in [0.2, 0.25) is 10.0 Å². The maximum atomic E-state index is 13.2. The van der Waals surface area contributed by atoms with E-state index in [0.717, 1.165) is 6.26 Å². The van der Waals surface area contributed by atoms with Crippen molar-refractivity contribution >= 4 is 50.7 Å². The lowest BCUT2D eigenvalue weighted by molar-refractivity contribution is -0.140. The highest BCUT2D eigenvalue weighted by Crippen LogP contribution is 2.27. The maximum absolute atomic E-state index is 13.2. The van der Waals surface area contributed by atoms with Gasteiger partial charge in [0.2, 0.25) is 21.8 Å². The first-order valence-corrected chi connectivity index (χ1v) is 13.7. The molecule has 11 heteroatoms. The Morgan fingerprint density at radius 2 is 1.69 bits per heavy atom. The van der Waals surface area contributed by atoms with Gasteiger partial charge in [-0.3, -0.25) is 13.9 Å². The average molecular weight is 545 g/mol. The molecule has 0 bridgehead atoms. The Hall–Kier alpha value is -2.49. The number of sulfonamides is 1. The van der Waals surface area contributed by atoms with Gasteiger partial charge >= 0.3 is 0 Å². The van der Waals surface area contributed by atoms with E-state index in [4.69, 9.17) is 27.9 Å². The Morgan fingerprint density at radius 3 is 2.20 bits per heavy atom. The molecule has 0 aromatic heterocycles. The number of ether oxygens (including phenoxy) is 1. The van der Waals surface area contributed by atoms with E-state index in [1.807, 2.05) is 6.92 Å². The van der Waals surface area contributed by atoms with Crippen LogP contribution in [0.4, 0.5) is 5.69 Å². The van der Waals surface area contributed by atoms with Gasteiger partial charge in [-0.2, -0.15) is 0 Å². The number of hydrogen-bond donors (Lipinski definition) is 1. The Morgan fingerprint density at radius 1 is 1.09 bits per heavy atom. The summed E-state index contributed by atoms with van der Waals surface area (Å²) in [5, 5.41) is 3.32. The van der Waals surface area contributed by atoms with Crippen molar-refractivity contribution < 1.29 is 22.7 Å². The molecular formula is C24H31Cl2N3O5S. The second kappa shape index (κ2) is 13.0. The highest BCUT2D eigenvalue weighted by molar-refractivity contribution is 7.92. The lowest BCUT2D eigenvalue weighted by atomic mass is 10.1. The summed E-state index contributed by atoms with van der Waals surface area (Å²) < 4.78 is 31.5. The van der Waals surface area contributed by atoms with Gasteiger partial charge in [-0.15, -0.1) is 0 Å². The molecule has 0 aliphatic rings. The molecule has 0 radical (unpaired) electrons. The summed E-state index contributed by atoms with van der Waals surface area (Å²) >= 11 is 12.6. The van der Waals surface area contributed by atoms with Crippen molar-refractivity contribution in [2.45, 2.75) is 39.3 Å². The molecule has 0 saturated carbocycles. The third-order valence-electron chi connectivity index (χ3n) is 5.39. The van der Waals surface area contributed by atoms with Gasteiger partial charge in [0.15, 0.2) is 0 Å². The monoisotopic (exact) mass is 543 g/mol. The highest BCUT2D eigenvalue weighted by Gasteiger charge is 2.27. The van der Waals surface area contributed by atoms with E-state index in [0.29, 0.717) is 33.7 Å². The van der Waals surface area contributed by atoms with Crippen LogP contribution in [-0.4, -0.2) is 57.6 Å². The third kappa shape index (κ3) is 8.02. The summed E-state index contributed by atoms with van der Waals surface area (Å²) in [5.41, 5.74) is 1.01. The van der Waals surface area contributed by atoms with E-state index in [9.17, 15) is 18.0 Å². The van der Waals surface area contributed by atoms with Gasteiger partial charge in [0.05, 0.1) is 18.6 Å². The minimum Gasteiger partial charge on any atom is -0.494 e. The smallest absolute Gasteiger partial charge is 0.242 e. The van der Waals surface area contributed by atoms with Crippen molar-refractivity contribution in [3.8, 4) is 5.75 Å². The van der Waals surface area contributed by atoms with Crippen LogP contribution in [0.3, 0.4) is 0 Å². The third-order valence-corrected chi connectivity index (χ3v) is 7.29. The second-order valence-corrected chi connectivity index (χ2v) is 10.6. The maximum Gasteiger partial charge on any atom is 0.242 e. The number of nitrogens with zero attached hydrogens (tertiary/aromatic N) is 2. The molecule has 1 N–H and O–H groups in total. The van der Waals surface area contributed by atoms with Crippen molar-refractivity contribution in [3.63, 3.8) is 0 Å². The molecule has 0 unspecified atom stereocenters. The number of carbonyl (C=O) groups is 2. The molecule has 0 spiro atoms. The molecule has 192 valence electrons. The molecule has 0 saturated heterocycles. The summed E-state index contributed by atoms with van der Waals surface area (Å²) in [6.45, 7) is 4.11. The highest BCUT2D eigenvalue weighted by atomic mass is 35.5. The first-order valence-electron chi connectivity index (χ1n) is 11.1. The molecule has 2 rings (SSSR count). The van der Waals surface area contributed by atoms with Crippen LogP contribution in [0.25, 0.3) is 0 Å². The molecule has 0 aliphatic carbocycles. The van der Waals surface area contributed by atoms with E-state index >= 15 is 0 Å². The van der Waals surface area contributed by atoms with Gasteiger partial charge in [-0.1, -0.05) is 29.3 Å².